The number of nitrogens with one attached hydrogen (secondary N) is 1. The molecule has 0 saturated heterocycles. The Morgan fingerprint density at radius 1 is 1.06 bits per heavy atom. The van der Waals surface area contributed by atoms with Gasteiger partial charge in [0, 0.05) is 6.07 Å². The largest absolute Gasteiger partial charge is 0.455 e. The highest BCUT2D eigenvalue weighted by Crippen LogP contribution is 2.29. The van der Waals surface area contributed by atoms with Crippen LogP contribution in [-0.4, -0.2) is 28.3 Å². The summed E-state index contributed by atoms with van der Waals surface area (Å²) in [5, 5.41) is 6.97. The molecule has 0 bridgehead atoms. The summed E-state index contributed by atoms with van der Waals surface area (Å²) in [6.07, 6.45) is -4.88. The molecule has 0 aliphatic heterocycles. The number of nitrogens with zero attached hydrogens (tertiary/aromatic N) is 2. The van der Waals surface area contributed by atoms with E-state index in [1.54, 1.807) is 17.7 Å². The number of rotatable bonds is 6. The Labute approximate surface area is 176 Å². The summed E-state index contributed by atoms with van der Waals surface area (Å²) in [5.74, 6) is -0.997. The zero-order valence-corrected chi connectivity index (χ0v) is 16.9. The van der Waals surface area contributed by atoms with E-state index in [9.17, 15) is 22.8 Å². The van der Waals surface area contributed by atoms with E-state index >= 15 is 0 Å². The van der Waals surface area contributed by atoms with Crippen LogP contribution >= 0.6 is 0 Å². The molecule has 6 nitrogen and oxygen atoms in total. The summed E-state index contributed by atoms with van der Waals surface area (Å²) < 4.78 is 44.8. The van der Waals surface area contributed by atoms with Crippen LogP contribution in [0.1, 0.15) is 22.4 Å². The first-order valence-electron chi connectivity index (χ1n) is 9.37. The van der Waals surface area contributed by atoms with E-state index in [4.69, 9.17) is 4.74 Å². The number of hydrogen-bond acceptors (Lipinski definition) is 4. The summed E-state index contributed by atoms with van der Waals surface area (Å²) in [6, 6.07) is 13.6. The highest BCUT2D eigenvalue weighted by molar-refractivity contribution is 5.92. The molecule has 0 spiro atoms. The fourth-order valence-electron chi connectivity index (χ4n) is 2.87. The number of anilines is 1. The van der Waals surface area contributed by atoms with Crippen molar-refractivity contribution in [2.24, 2.45) is 0 Å². The Hall–Kier alpha value is -3.62. The van der Waals surface area contributed by atoms with Gasteiger partial charge in [0.15, 0.2) is 6.61 Å². The van der Waals surface area contributed by atoms with Gasteiger partial charge in [-0.25, -0.2) is 4.68 Å². The lowest BCUT2D eigenvalue weighted by Gasteiger charge is -2.10. The van der Waals surface area contributed by atoms with E-state index in [2.05, 4.69) is 10.4 Å². The van der Waals surface area contributed by atoms with E-state index in [-0.39, 0.29) is 12.0 Å². The van der Waals surface area contributed by atoms with Gasteiger partial charge in [-0.15, -0.1) is 0 Å². The van der Waals surface area contributed by atoms with Crippen molar-refractivity contribution in [2.45, 2.75) is 26.4 Å². The molecule has 9 heteroatoms. The molecule has 0 radical (unpaired) electrons. The van der Waals surface area contributed by atoms with Crippen LogP contribution in [0.3, 0.4) is 0 Å². The smallest absolute Gasteiger partial charge is 0.416 e. The highest BCUT2D eigenvalue weighted by Gasteiger charge is 2.30. The Bertz CT molecular complexity index is 1090. The second-order valence-electron chi connectivity index (χ2n) is 7.00. The minimum atomic E-state index is -4.50. The third kappa shape index (κ3) is 5.94. The van der Waals surface area contributed by atoms with E-state index in [0.717, 1.165) is 23.4 Å². The maximum absolute atomic E-state index is 12.8. The van der Waals surface area contributed by atoms with Crippen molar-refractivity contribution < 1.29 is 27.5 Å². The maximum atomic E-state index is 12.8. The fraction of sp³-hybridized carbons (Fsp3) is 0.227. The summed E-state index contributed by atoms with van der Waals surface area (Å²) >= 11 is 0. The number of carbonyl (C=O) groups excluding carboxylic acids is 2. The lowest BCUT2D eigenvalue weighted by Crippen LogP contribution is -2.23. The zero-order chi connectivity index (χ0) is 22.6. The highest BCUT2D eigenvalue weighted by atomic mass is 19.4. The van der Waals surface area contributed by atoms with Crippen molar-refractivity contribution in [3.05, 3.63) is 77.0 Å². The third-order valence-corrected chi connectivity index (χ3v) is 4.34. The van der Waals surface area contributed by atoms with Crippen LogP contribution in [0.4, 0.5) is 19.0 Å². The minimum Gasteiger partial charge on any atom is -0.455 e. The van der Waals surface area contributed by atoms with Crippen molar-refractivity contribution in [3.8, 4) is 5.69 Å². The summed E-state index contributed by atoms with van der Waals surface area (Å²) in [4.78, 5) is 24.2. The Morgan fingerprint density at radius 3 is 2.45 bits per heavy atom. The van der Waals surface area contributed by atoms with Crippen LogP contribution in [0.5, 0.6) is 0 Å². The molecule has 162 valence electrons. The van der Waals surface area contributed by atoms with E-state index in [0.29, 0.717) is 11.5 Å². The van der Waals surface area contributed by atoms with Crippen LogP contribution in [0.2, 0.25) is 0 Å². The lowest BCUT2D eigenvalue weighted by atomic mass is 10.1. The molecule has 1 N–H and O–H groups in total. The topological polar surface area (TPSA) is 73.2 Å². The standard InChI is InChI=1S/C22H20F3N3O3/c1-14-6-8-18(9-7-14)28-19(10-15(2)27-28)26-20(29)13-31-21(30)12-16-4-3-5-17(11-16)22(23,24)25/h3-11H,12-13H2,1-2H3,(H,26,29). The van der Waals surface area contributed by atoms with Crippen LogP contribution in [0.25, 0.3) is 5.69 Å². The first-order valence-corrected chi connectivity index (χ1v) is 9.37. The predicted octanol–water partition coefficient (Wildman–Crippen LogP) is 4.23. The molecule has 3 aromatic rings. The van der Waals surface area contributed by atoms with Gasteiger partial charge >= 0.3 is 12.1 Å². The van der Waals surface area contributed by atoms with Gasteiger partial charge < -0.3 is 10.1 Å². The monoisotopic (exact) mass is 431 g/mol. The number of aromatic nitrogens is 2. The molecular formula is C22H20F3N3O3. The van der Waals surface area contributed by atoms with E-state index in [1.807, 2.05) is 31.2 Å². The molecule has 0 aliphatic rings. The van der Waals surface area contributed by atoms with Crippen molar-refractivity contribution in [3.63, 3.8) is 0 Å². The molecule has 0 fully saturated rings. The molecule has 1 aromatic heterocycles. The number of benzene rings is 2. The van der Waals surface area contributed by atoms with E-state index in [1.165, 1.54) is 12.1 Å². The van der Waals surface area contributed by atoms with Crippen molar-refractivity contribution in [1.29, 1.82) is 0 Å². The number of hydrogen-bond donors (Lipinski definition) is 1. The van der Waals surface area contributed by atoms with Crippen LogP contribution < -0.4 is 5.32 Å². The molecule has 0 aliphatic carbocycles. The second kappa shape index (κ2) is 9.03. The zero-order valence-electron chi connectivity index (χ0n) is 16.9. The quantitative estimate of drug-likeness (QED) is 0.593. The van der Waals surface area contributed by atoms with Crippen molar-refractivity contribution in [1.82, 2.24) is 9.78 Å². The molecule has 1 amide bonds. The number of aryl methyl sites for hydroxylation is 2. The predicted molar refractivity (Wildman–Crippen MR) is 108 cm³/mol. The maximum Gasteiger partial charge on any atom is 0.416 e. The van der Waals surface area contributed by atoms with Crippen LogP contribution in [0, 0.1) is 13.8 Å². The Morgan fingerprint density at radius 2 is 1.77 bits per heavy atom. The molecule has 3 rings (SSSR count). The van der Waals surface area contributed by atoms with Gasteiger partial charge in [0.25, 0.3) is 5.91 Å². The van der Waals surface area contributed by atoms with Crippen molar-refractivity contribution >= 4 is 17.7 Å². The third-order valence-electron chi connectivity index (χ3n) is 4.34. The fourth-order valence-corrected chi connectivity index (χ4v) is 2.87. The summed E-state index contributed by atoms with van der Waals surface area (Å²) in [5.41, 5.74) is 1.79. The first-order chi connectivity index (χ1) is 14.6. The number of alkyl halides is 3. The normalized spacial score (nSPS) is 11.3. The number of amides is 1. The molecule has 31 heavy (non-hydrogen) atoms. The number of halogens is 3. The molecule has 0 saturated carbocycles. The van der Waals surface area contributed by atoms with Gasteiger partial charge in [-0.1, -0.05) is 35.9 Å². The average Bonchev–Trinajstić information content (AvgIpc) is 3.06. The minimum absolute atomic E-state index is 0.147. The van der Waals surface area contributed by atoms with Gasteiger partial charge in [0.2, 0.25) is 0 Å². The van der Waals surface area contributed by atoms with Crippen LogP contribution in [0.15, 0.2) is 54.6 Å². The SMILES string of the molecule is Cc1ccc(-n2nc(C)cc2NC(=O)COC(=O)Cc2cccc(C(F)(F)F)c2)cc1. The number of ether oxygens (including phenoxy) is 1. The molecule has 1 heterocycles. The lowest BCUT2D eigenvalue weighted by molar-refractivity contribution is -0.146. The molecule has 2 aromatic carbocycles. The average molecular weight is 431 g/mol. The molecule has 0 atom stereocenters. The Balaban J connectivity index is 1.59. The summed E-state index contributed by atoms with van der Waals surface area (Å²) in [7, 11) is 0. The Kier molecular flexibility index (Phi) is 6.43. The van der Waals surface area contributed by atoms with Gasteiger partial charge in [-0.2, -0.15) is 18.3 Å². The van der Waals surface area contributed by atoms with Gasteiger partial charge in [0.1, 0.15) is 5.82 Å². The van der Waals surface area contributed by atoms with Gasteiger partial charge in [-0.05, 0) is 37.6 Å². The van der Waals surface area contributed by atoms with Gasteiger partial charge in [0.05, 0.1) is 23.4 Å². The van der Waals surface area contributed by atoms with Crippen molar-refractivity contribution in [2.75, 3.05) is 11.9 Å². The molecule has 0 unspecified atom stereocenters. The van der Waals surface area contributed by atoms with Gasteiger partial charge in [-0.3, -0.25) is 9.59 Å². The summed E-state index contributed by atoms with van der Waals surface area (Å²) in [6.45, 7) is 3.15. The number of carbonyl (C=O) groups is 2. The van der Waals surface area contributed by atoms with E-state index < -0.39 is 30.2 Å². The van der Waals surface area contributed by atoms with Crippen LogP contribution in [-0.2, 0) is 26.9 Å². The molecular weight excluding hydrogens is 411 g/mol. The second-order valence-corrected chi connectivity index (χ2v) is 7.00. The number of esters is 1. The first kappa shape index (κ1) is 22.1.